The SMILES string of the molecule is Cc1cc([C@@H](C)Nc2ccccc2C(=O)O)c2nc(C3=CCC4(CC3)COC(=O)N(C)C4)n(C)c(=O)c2c1. The van der Waals surface area contributed by atoms with Crippen LogP contribution in [0.5, 0.6) is 0 Å². The summed E-state index contributed by atoms with van der Waals surface area (Å²) in [5.41, 5.74) is 3.79. The predicted octanol–water partition coefficient (Wildman–Crippen LogP) is 4.75. The summed E-state index contributed by atoms with van der Waals surface area (Å²) >= 11 is 0. The summed E-state index contributed by atoms with van der Waals surface area (Å²) in [6.45, 7) is 4.92. The zero-order valence-electron chi connectivity index (χ0n) is 22.1. The third-order valence-electron chi connectivity index (χ3n) is 7.73. The lowest BCUT2D eigenvalue weighted by atomic mass is 9.74. The number of allylic oxidation sites excluding steroid dienone is 2. The Bertz CT molecular complexity index is 1540. The van der Waals surface area contributed by atoms with Gasteiger partial charge in [-0.1, -0.05) is 24.3 Å². The molecule has 5 rings (SSSR count). The van der Waals surface area contributed by atoms with E-state index < -0.39 is 5.97 Å². The van der Waals surface area contributed by atoms with Gasteiger partial charge in [0.2, 0.25) is 0 Å². The second-order valence-electron chi connectivity index (χ2n) is 10.6. The third-order valence-corrected chi connectivity index (χ3v) is 7.73. The van der Waals surface area contributed by atoms with E-state index in [0.717, 1.165) is 36.0 Å². The number of nitrogens with zero attached hydrogens (tertiary/aromatic N) is 3. The van der Waals surface area contributed by atoms with E-state index in [1.807, 2.05) is 26.0 Å². The van der Waals surface area contributed by atoms with Crippen molar-refractivity contribution in [3.05, 3.63) is 75.3 Å². The molecule has 1 aliphatic heterocycles. The Morgan fingerprint density at radius 1 is 1.21 bits per heavy atom. The number of hydrogen-bond donors (Lipinski definition) is 2. The molecular formula is C29H32N4O5. The van der Waals surface area contributed by atoms with Gasteiger partial charge in [-0.05, 0) is 62.4 Å². The number of fused-ring (bicyclic) bond motifs is 1. The van der Waals surface area contributed by atoms with Crippen LogP contribution < -0.4 is 10.9 Å². The number of aromatic nitrogens is 2. The van der Waals surface area contributed by atoms with Crippen molar-refractivity contribution in [2.45, 2.75) is 39.2 Å². The highest BCUT2D eigenvalue weighted by atomic mass is 16.6. The molecule has 0 saturated carbocycles. The number of hydrogen-bond acceptors (Lipinski definition) is 6. The number of carboxylic acids is 1. The van der Waals surface area contributed by atoms with E-state index >= 15 is 0 Å². The van der Waals surface area contributed by atoms with Gasteiger partial charge in [-0.3, -0.25) is 9.36 Å². The molecule has 0 bridgehead atoms. The molecule has 3 aromatic rings. The van der Waals surface area contributed by atoms with Gasteiger partial charge in [-0.2, -0.15) is 0 Å². The Labute approximate surface area is 220 Å². The zero-order valence-corrected chi connectivity index (χ0v) is 22.1. The average Bonchev–Trinajstić information content (AvgIpc) is 2.89. The number of benzene rings is 2. The van der Waals surface area contributed by atoms with Gasteiger partial charge >= 0.3 is 12.1 Å². The minimum Gasteiger partial charge on any atom is -0.478 e. The van der Waals surface area contributed by atoms with E-state index in [2.05, 4.69) is 11.4 Å². The van der Waals surface area contributed by atoms with Crippen LogP contribution in [0.25, 0.3) is 16.5 Å². The standard InChI is InChI=1S/C29H32N4O5/c1-17-13-21(18(2)30-23-8-6-5-7-20(23)27(35)36)24-22(14-17)26(34)33(4)25(31-24)19-9-11-29(12-10-19)15-32(3)28(37)38-16-29/h5-9,13-14,18,30H,10-12,15-16H2,1-4H3,(H,35,36)/t18-,29?/m1/s1. The second-order valence-corrected chi connectivity index (χ2v) is 10.6. The molecule has 1 spiro atoms. The van der Waals surface area contributed by atoms with Crippen LogP contribution in [0.15, 0.2) is 47.3 Å². The first-order valence-corrected chi connectivity index (χ1v) is 12.8. The van der Waals surface area contributed by atoms with Gasteiger partial charge in [0.05, 0.1) is 22.5 Å². The van der Waals surface area contributed by atoms with Crippen molar-refractivity contribution in [3.8, 4) is 0 Å². The molecule has 1 saturated heterocycles. The van der Waals surface area contributed by atoms with Crippen LogP contribution in [0, 0.1) is 12.3 Å². The Morgan fingerprint density at radius 3 is 2.66 bits per heavy atom. The van der Waals surface area contributed by atoms with Gasteiger partial charge in [0.25, 0.3) is 5.56 Å². The quantitative estimate of drug-likeness (QED) is 0.503. The van der Waals surface area contributed by atoms with Crippen molar-refractivity contribution in [1.82, 2.24) is 14.5 Å². The number of amides is 1. The molecule has 1 aromatic heterocycles. The van der Waals surface area contributed by atoms with E-state index in [4.69, 9.17) is 9.72 Å². The first-order valence-electron chi connectivity index (χ1n) is 12.8. The number of para-hydroxylation sites is 1. The van der Waals surface area contributed by atoms with Crippen molar-refractivity contribution in [1.29, 1.82) is 0 Å². The number of carbonyl (C=O) groups excluding carboxylic acids is 1. The molecule has 2 atom stereocenters. The summed E-state index contributed by atoms with van der Waals surface area (Å²) in [5.74, 6) is -0.383. The van der Waals surface area contributed by atoms with Crippen LogP contribution in [0.1, 0.15) is 59.5 Å². The first-order chi connectivity index (χ1) is 18.1. The van der Waals surface area contributed by atoms with Crippen LogP contribution in [-0.4, -0.2) is 51.8 Å². The van der Waals surface area contributed by atoms with Gasteiger partial charge in [0.15, 0.2) is 0 Å². The molecule has 1 aliphatic carbocycles. The maximum Gasteiger partial charge on any atom is 0.409 e. The van der Waals surface area contributed by atoms with Gasteiger partial charge in [-0.25, -0.2) is 14.6 Å². The zero-order chi connectivity index (χ0) is 27.2. The Balaban J connectivity index is 1.54. The first kappa shape index (κ1) is 25.5. The number of rotatable bonds is 5. The fourth-order valence-corrected chi connectivity index (χ4v) is 5.64. The lowest BCUT2D eigenvalue weighted by molar-refractivity contribution is -0.00253. The fourth-order valence-electron chi connectivity index (χ4n) is 5.64. The third kappa shape index (κ3) is 4.53. The summed E-state index contributed by atoms with van der Waals surface area (Å²) in [6, 6.07) is 10.3. The Hall–Kier alpha value is -4.14. The lowest BCUT2D eigenvalue weighted by Crippen LogP contribution is -2.48. The number of anilines is 1. The van der Waals surface area contributed by atoms with Crippen molar-refractivity contribution in [3.63, 3.8) is 0 Å². The smallest absolute Gasteiger partial charge is 0.409 e. The highest BCUT2D eigenvalue weighted by Gasteiger charge is 2.40. The van der Waals surface area contributed by atoms with Crippen molar-refractivity contribution in [2.24, 2.45) is 12.5 Å². The van der Waals surface area contributed by atoms with Crippen molar-refractivity contribution in [2.75, 3.05) is 25.5 Å². The highest BCUT2D eigenvalue weighted by molar-refractivity contribution is 5.94. The minimum atomic E-state index is -1.01. The molecule has 38 heavy (non-hydrogen) atoms. The van der Waals surface area contributed by atoms with Crippen molar-refractivity contribution >= 4 is 34.2 Å². The van der Waals surface area contributed by atoms with Crippen LogP contribution in [0.4, 0.5) is 10.5 Å². The van der Waals surface area contributed by atoms with Crippen LogP contribution in [0.2, 0.25) is 0 Å². The van der Waals surface area contributed by atoms with E-state index in [1.54, 1.807) is 47.8 Å². The number of carboxylic acid groups (broad SMARTS) is 1. The average molecular weight is 517 g/mol. The largest absolute Gasteiger partial charge is 0.478 e. The summed E-state index contributed by atoms with van der Waals surface area (Å²) in [5, 5.41) is 13.4. The minimum absolute atomic E-state index is 0.124. The molecule has 1 fully saturated rings. The number of carbonyl (C=O) groups is 2. The van der Waals surface area contributed by atoms with Gasteiger partial charge in [0, 0.05) is 37.3 Å². The monoisotopic (exact) mass is 516 g/mol. The molecule has 2 aliphatic rings. The second kappa shape index (κ2) is 9.63. The van der Waals surface area contributed by atoms with Crippen LogP contribution in [-0.2, 0) is 11.8 Å². The lowest BCUT2D eigenvalue weighted by Gasteiger charge is -2.42. The number of aromatic carboxylic acids is 1. The summed E-state index contributed by atoms with van der Waals surface area (Å²) in [4.78, 5) is 43.7. The van der Waals surface area contributed by atoms with Gasteiger partial charge in [0.1, 0.15) is 12.4 Å². The molecule has 0 radical (unpaired) electrons. The number of nitrogens with one attached hydrogen (secondary N) is 1. The molecular weight excluding hydrogens is 484 g/mol. The maximum absolute atomic E-state index is 13.5. The van der Waals surface area contributed by atoms with E-state index in [-0.39, 0.29) is 28.7 Å². The Kier molecular flexibility index (Phi) is 6.46. The summed E-state index contributed by atoms with van der Waals surface area (Å²) in [7, 11) is 3.50. The fraction of sp³-hybridized carbons (Fsp3) is 0.379. The number of ether oxygens (including phenoxy) is 1. The highest BCUT2D eigenvalue weighted by Crippen LogP contribution is 2.41. The Morgan fingerprint density at radius 2 is 1.97 bits per heavy atom. The van der Waals surface area contributed by atoms with Crippen molar-refractivity contribution < 1.29 is 19.4 Å². The van der Waals surface area contributed by atoms with Gasteiger partial charge in [-0.15, -0.1) is 0 Å². The molecule has 9 heteroatoms. The maximum atomic E-state index is 13.5. The molecule has 2 N–H and O–H groups in total. The van der Waals surface area contributed by atoms with E-state index in [1.165, 1.54) is 0 Å². The van der Waals surface area contributed by atoms with E-state index in [9.17, 15) is 19.5 Å². The molecule has 1 unspecified atom stereocenters. The molecule has 1 amide bonds. The molecule has 9 nitrogen and oxygen atoms in total. The van der Waals surface area contributed by atoms with Crippen LogP contribution in [0.3, 0.4) is 0 Å². The molecule has 2 aromatic carbocycles. The van der Waals surface area contributed by atoms with E-state index in [0.29, 0.717) is 35.6 Å². The summed E-state index contributed by atoms with van der Waals surface area (Å²) < 4.78 is 7.00. The normalized spacial score (nSPS) is 20.3. The molecule has 2 heterocycles. The topological polar surface area (TPSA) is 114 Å². The number of cyclic esters (lactones) is 1. The molecule has 198 valence electrons. The predicted molar refractivity (Wildman–Crippen MR) is 145 cm³/mol. The van der Waals surface area contributed by atoms with Gasteiger partial charge < -0.3 is 20.1 Å². The number of aryl methyl sites for hydroxylation is 1. The van der Waals surface area contributed by atoms with Crippen LogP contribution >= 0.6 is 0 Å². The summed E-state index contributed by atoms with van der Waals surface area (Å²) in [6.07, 6.45) is 4.12.